The number of carbonyl (C=O) groups is 3. The van der Waals surface area contributed by atoms with Gasteiger partial charge in [0.25, 0.3) is 0 Å². The second kappa shape index (κ2) is 7.11. The van der Waals surface area contributed by atoms with Gasteiger partial charge in [-0.2, -0.15) is 0 Å². The normalized spacial score (nSPS) is 11.1. The van der Waals surface area contributed by atoms with Crippen LogP contribution in [0.1, 0.15) is 13.3 Å². The van der Waals surface area contributed by atoms with Crippen molar-refractivity contribution < 1.29 is 24.6 Å². The van der Waals surface area contributed by atoms with E-state index in [1.54, 1.807) is 6.92 Å². The number of terminal acetylenes is 1. The minimum atomic E-state index is -1.47. The van der Waals surface area contributed by atoms with Crippen molar-refractivity contribution in [2.75, 3.05) is 13.1 Å². The first-order chi connectivity index (χ1) is 7.92. The molecule has 1 atom stereocenters. The van der Waals surface area contributed by atoms with Crippen LogP contribution in [-0.4, -0.2) is 52.2 Å². The SMILES string of the molecule is C#CCN(CC)C(=O)NC(CC(=O)O)C(=O)O. The van der Waals surface area contributed by atoms with E-state index in [4.69, 9.17) is 16.6 Å². The summed E-state index contributed by atoms with van der Waals surface area (Å²) in [4.78, 5) is 33.8. The van der Waals surface area contributed by atoms with Crippen molar-refractivity contribution in [3.8, 4) is 12.3 Å². The summed E-state index contributed by atoms with van der Waals surface area (Å²) in [7, 11) is 0. The molecular formula is C10H14N2O5. The fourth-order valence-corrected chi connectivity index (χ4v) is 1.05. The van der Waals surface area contributed by atoms with Crippen molar-refractivity contribution >= 4 is 18.0 Å². The van der Waals surface area contributed by atoms with Gasteiger partial charge >= 0.3 is 18.0 Å². The zero-order valence-corrected chi connectivity index (χ0v) is 9.34. The monoisotopic (exact) mass is 242 g/mol. The lowest BCUT2D eigenvalue weighted by Crippen LogP contribution is -2.48. The summed E-state index contributed by atoms with van der Waals surface area (Å²) in [5, 5.41) is 19.3. The van der Waals surface area contributed by atoms with E-state index in [1.807, 2.05) is 0 Å². The third-order valence-corrected chi connectivity index (χ3v) is 1.93. The molecule has 1 unspecified atom stereocenters. The maximum atomic E-state index is 11.5. The van der Waals surface area contributed by atoms with Crippen LogP contribution in [0.3, 0.4) is 0 Å². The van der Waals surface area contributed by atoms with Crippen LogP contribution in [0.15, 0.2) is 0 Å². The Balaban J connectivity index is 4.54. The van der Waals surface area contributed by atoms with E-state index in [9.17, 15) is 14.4 Å². The highest BCUT2D eigenvalue weighted by Gasteiger charge is 2.24. The minimum absolute atomic E-state index is 0.0295. The molecule has 0 saturated heterocycles. The second-order valence-corrected chi connectivity index (χ2v) is 3.16. The number of hydrogen-bond donors (Lipinski definition) is 3. The van der Waals surface area contributed by atoms with Gasteiger partial charge in [0.15, 0.2) is 0 Å². The third kappa shape index (κ3) is 5.41. The number of aliphatic carboxylic acids is 2. The first-order valence-electron chi connectivity index (χ1n) is 4.85. The summed E-state index contributed by atoms with van der Waals surface area (Å²) in [6, 6.07) is -2.16. The smallest absolute Gasteiger partial charge is 0.326 e. The van der Waals surface area contributed by atoms with E-state index in [-0.39, 0.29) is 6.54 Å². The molecule has 0 bridgehead atoms. The number of amides is 2. The third-order valence-electron chi connectivity index (χ3n) is 1.93. The number of nitrogens with zero attached hydrogens (tertiary/aromatic N) is 1. The summed E-state index contributed by atoms with van der Waals surface area (Å²) in [5.41, 5.74) is 0. The number of urea groups is 1. The van der Waals surface area contributed by atoms with E-state index in [0.29, 0.717) is 6.54 Å². The summed E-state index contributed by atoms with van der Waals surface area (Å²) in [6.07, 6.45) is 4.35. The molecule has 94 valence electrons. The summed E-state index contributed by atoms with van der Waals surface area (Å²) in [6.45, 7) is 2.00. The fraction of sp³-hybridized carbons (Fsp3) is 0.500. The van der Waals surface area contributed by atoms with Crippen LogP contribution >= 0.6 is 0 Å². The Bertz CT molecular complexity index is 347. The summed E-state index contributed by atoms with van der Waals surface area (Å²) >= 11 is 0. The van der Waals surface area contributed by atoms with Crippen LogP contribution in [-0.2, 0) is 9.59 Å². The number of carboxylic acids is 2. The highest BCUT2D eigenvalue weighted by Crippen LogP contribution is 1.96. The molecule has 0 aromatic heterocycles. The number of nitrogens with one attached hydrogen (secondary N) is 1. The molecule has 0 aromatic carbocycles. The summed E-state index contributed by atoms with van der Waals surface area (Å²) in [5.74, 6) is -0.469. The van der Waals surface area contributed by atoms with Crippen molar-refractivity contribution in [2.45, 2.75) is 19.4 Å². The predicted molar refractivity (Wildman–Crippen MR) is 58.3 cm³/mol. The van der Waals surface area contributed by atoms with E-state index < -0.39 is 30.4 Å². The molecule has 0 aliphatic carbocycles. The van der Waals surface area contributed by atoms with Crippen molar-refractivity contribution in [1.29, 1.82) is 0 Å². The number of hydrogen-bond acceptors (Lipinski definition) is 3. The molecule has 0 heterocycles. The lowest BCUT2D eigenvalue weighted by molar-refractivity contribution is -0.145. The van der Waals surface area contributed by atoms with E-state index >= 15 is 0 Å². The Morgan fingerprint density at radius 2 is 2.00 bits per heavy atom. The molecule has 0 aliphatic rings. The van der Waals surface area contributed by atoms with Gasteiger partial charge in [-0.15, -0.1) is 6.42 Å². The van der Waals surface area contributed by atoms with E-state index in [2.05, 4.69) is 11.2 Å². The Morgan fingerprint density at radius 1 is 1.41 bits per heavy atom. The molecule has 2 amide bonds. The number of carbonyl (C=O) groups excluding carboxylic acids is 1. The maximum Gasteiger partial charge on any atom is 0.326 e. The Hall–Kier alpha value is -2.23. The van der Waals surface area contributed by atoms with Crippen LogP contribution in [0.25, 0.3) is 0 Å². The molecule has 7 nitrogen and oxygen atoms in total. The van der Waals surface area contributed by atoms with Gasteiger partial charge < -0.3 is 20.4 Å². The highest BCUT2D eigenvalue weighted by atomic mass is 16.4. The molecule has 0 aliphatic heterocycles. The molecule has 0 rings (SSSR count). The second-order valence-electron chi connectivity index (χ2n) is 3.16. The van der Waals surface area contributed by atoms with Crippen LogP contribution in [0.4, 0.5) is 4.79 Å². The standard InChI is InChI=1S/C10H14N2O5/c1-3-5-12(4-2)10(17)11-7(9(15)16)6-8(13)14/h1,7H,4-6H2,2H3,(H,11,17)(H,13,14)(H,15,16). The average molecular weight is 242 g/mol. The van der Waals surface area contributed by atoms with Gasteiger partial charge in [-0.05, 0) is 6.92 Å². The molecule has 0 aromatic rings. The number of carboxylic acid groups (broad SMARTS) is 2. The quantitative estimate of drug-likeness (QED) is 0.548. The molecule has 17 heavy (non-hydrogen) atoms. The average Bonchev–Trinajstić information content (AvgIpc) is 2.23. The minimum Gasteiger partial charge on any atom is -0.481 e. The van der Waals surface area contributed by atoms with Gasteiger partial charge in [0, 0.05) is 6.54 Å². The van der Waals surface area contributed by atoms with Gasteiger partial charge in [0.2, 0.25) is 0 Å². The first-order valence-corrected chi connectivity index (χ1v) is 4.85. The van der Waals surface area contributed by atoms with Gasteiger partial charge in [0.1, 0.15) is 6.04 Å². The lowest BCUT2D eigenvalue weighted by atomic mass is 10.2. The van der Waals surface area contributed by atoms with E-state index in [1.165, 1.54) is 4.90 Å². The first kappa shape index (κ1) is 14.8. The largest absolute Gasteiger partial charge is 0.481 e. The Morgan fingerprint density at radius 3 is 2.35 bits per heavy atom. The zero-order chi connectivity index (χ0) is 13.4. The molecule has 0 fully saturated rings. The molecule has 0 saturated carbocycles. The molecule has 0 spiro atoms. The van der Waals surface area contributed by atoms with Crippen LogP contribution in [0.5, 0.6) is 0 Å². The van der Waals surface area contributed by atoms with Crippen LogP contribution in [0.2, 0.25) is 0 Å². The predicted octanol–water partition coefficient (Wildman–Crippen LogP) is -0.421. The van der Waals surface area contributed by atoms with Crippen molar-refractivity contribution in [2.24, 2.45) is 0 Å². The lowest BCUT2D eigenvalue weighted by Gasteiger charge is -2.21. The zero-order valence-electron chi connectivity index (χ0n) is 9.34. The molecule has 0 radical (unpaired) electrons. The maximum absolute atomic E-state index is 11.5. The van der Waals surface area contributed by atoms with Gasteiger partial charge in [-0.3, -0.25) is 4.79 Å². The van der Waals surface area contributed by atoms with Crippen molar-refractivity contribution in [3.05, 3.63) is 0 Å². The molecule has 3 N–H and O–H groups in total. The number of rotatable bonds is 6. The topological polar surface area (TPSA) is 107 Å². The van der Waals surface area contributed by atoms with Crippen molar-refractivity contribution in [3.63, 3.8) is 0 Å². The Kier molecular flexibility index (Phi) is 6.18. The van der Waals surface area contributed by atoms with Gasteiger partial charge in [0.05, 0.1) is 13.0 Å². The van der Waals surface area contributed by atoms with Gasteiger partial charge in [-0.1, -0.05) is 5.92 Å². The van der Waals surface area contributed by atoms with Crippen LogP contribution in [0, 0.1) is 12.3 Å². The summed E-state index contributed by atoms with van der Waals surface area (Å²) < 4.78 is 0. The fourth-order valence-electron chi connectivity index (χ4n) is 1.05. The molecular weight excluding hydrogens is 228 g/mol. The Labute approximate surface area is 98.4 Å². The van der Waals surface area contributed by atoms with Gasteiger partial charge in [-0.25, -0.2) is 9.59 Å². The van der Waals surface area contributed by atoms with Crippen LogP contribution < -0.4 is 5.32 Å². The molecule has 7 heteroatoms. The van der Waals surface area contributed by atoms with Crippen molar-refractivity contribution in [1.82, 2.24) is 10.2 Å². The van der Waals surface area contributed by atoms with E-state index in [0.717, 1.165) is 0 Å². The highest BCUT2D eigenvalue weighted by molar-refractivity contribution is 5.86.